The summed E-state index contributed by atoms with van der Waals surface area (Å²) in [5, 5.41) is 1.58. The summed E-state index contributed by atoms with van der Waals surface area (Å²) in [5.74, 6) is 0.544. The molecule has 0 spiro atoms. The van der Waals surface area contributed by atoms with Crippen LogP contribution in [0.4, 0.5) is 4.39 Å². The quantitative estimate of drug-likeness (QED) is 0.855. The van der Waals surface area contributed by atoms with Gasteiger partial charge in [-0.2, -0.15) is 0 Å². The van der Waals surface area contributed by atoms with Gasteiger partial charge in [0.05, 0.1) is 17.9 Å². The summed E-state index contributed by atoms with van der Waals surface area (Å²) in [6.45, 7) is 0.778. The average Bonchev–Trinajstić information content (AvgIpc) is 2.89. The molecule has 2 aromatic rings. The Morgan fingerprint density at radius 2 is 2.33 bits per heavy atom. The van der Waals surface area contributed by atoms with E-state index in [9.17, 15) is 4.39 Å². The highest BCUT2D eigenvalue weighted by atomic mass is 19.1. The van der Waals surface area contributed by atoms with Crippen molar-refractivity contribution >= 4 is 0 Å². The number of hydrogen-bond acceptors (Lipinski definition) is 2. The van der Waals surface area contributed by atoms with E-state index in [4.69, 9.17) is 1.41 Å². The fourth-order valence-electron chi connectivity index (χ4n) is 2.32. The van der Waals surface area contributed by atoms with Crippen molar-refractivity contribution in [3.8, 4) is 11.3 Å². The van der Waals surface area contributed by atoms with E-state index in [0.717, 1.165) is 42.9 Å². The average molecular weight is 246 g/mol. The van der Waals surface area contributed by atoms with Crippen molar-refractivity contribution in [3.05, 3.63) is 42.1 Å². The fraction of sp³-hybridized carbons (Fsp3) is 0.357. The molecule has 3 nitrogen and oxygen atoms in total. The largest absolute Gasteiger partial charge is 0.341 e. The molecule has 1 unspecified atom stereocenters. The lowest BCUT2D eigenvalue weighted by atomic mass is 10.0. The van der Waals surface area contributed by atoms with Gasteiger partial charge >= 0.3 is 0 Å². The van der Waals surface area contributed by atoms with Crippen molar-refractivity contribution in [2.75, 3.05) is 6.54 Å². The Labute approximate surface area is 107 Å². The topological polar surface area (TPSA) is 40.7 Å². The summed E-state index contributed by atoms with van der Waals surface area (Å²) in [6.07, 6.45) is 4.85. The molecule has 4 heteroatoms. The number of nitrogens with one attached hydrogen (secondary N) is 2. The van der Waals surface area contributed by atoms with Crippen molar-refractivity contribution in [2.45, 2.75) is 25.3 Å². The van der Waals surface area contributed by atoms with Gasteiger partial charge in [0.15, 0.2) is 0 Å². The SMILES string of the molecule is [2H]N1CCCCC1c1ncc(-c2cccc(F)c2)[nH]1. The molecule has 0 aliphatic carbocycles. The van der Waals surface area contributed by atoms with Crippen molar-refractivity contribution in [1.29, 1.82) is 0 Å². The lowest BCUT2D eigenvalue weighted by molar-refractivity contribution is 0.399. The second-order valence-corrected chi connectivity index (χ2v) is 4.61. The molecule has 94 valence electrons. The van der Waals surface area contributed by atoms with Crippen molar-refractivity contribution in [3.63, 3.8) is 0 Å². The number of aromatic amines is 1. The molecule has 1 atom stereocenters. The Balaban J connectivity index is 1.86. The normalized spacial score (nSPS) is 21.8. The van der Waals surface area contributed by atoms with Crippen LogP contribution in [0.2, 0.25) is 1.41 Å². The Morgan fingerprint density at radius 3 is 3.17 bits per heavy atom. The predicted octanol–water partition coefficient (Wildman–Crippen LogP) is 3.03. The number of benzene rings is 1. The highest BCUT2D eigenvalue weighted by Gasteiger charge is 2.17. The third-order valence-electron chi connectivity index (χ3n) is 3.28. The van der Waals surface area contributed by atoms with Gasteiger partial charge in [-0.25, -0.2) is 9.37 Å². The number of rotatable bonds is 2. The minimum atomic E-state index is -0.256. The van der Waals surface area contributed by atoms with Crippen LogP contribution in [0, 0.1) is 5.82 Å². The Bertz CT molecular complexity index is 569. The minimum absolute atomic E-state index is 0.0241. The van der Waals surface area contributed by atoms with E-state index in [0.29, 0.717) is 0 Å². The van der Waals surface area contributed by atoms with Gasteiger partial charge in [-0.05, 0) is 31.5 Å². The number of nitrogens with zero attached hydrogens (tertiary/aromatic N) is 1. The van der Waals surface area contributed by atoms with Crippen LogP contribution >= 0.6 is 0 Å². The second kappa shape index (κ2) is 4.90. The summed E-state index contributed by atoms with van der Waals surface area (Å²) < 4.78 is 21.1. The molecule has 0 amide bonds. The van der Waals surface area contributed by atoms with Crippen LogP contribution in [-0.2, 0) is 0 Å². The van der Waals surface area contributed by atoms with Crippen LogP contribution in [0.25, 0.3) is 11.3 Å². The molecular weight excluding hydrogens is 229 g/mol. The summed E-state index contributed by atoms with van der Waals surface area (Å²) in [7, 11) is 0. The van der Waals surface area contributed by atoms with Gasteiger partial charge in [-0.3, -0.25) is 0 Å². The molecule has 0 radical (unpaired) electrons. The highest BCUT2D eigenvalue weighted by molar-refractivity contribution is 5.58. The molecule has 0 saturated carbocycles. The molecular formula is C14H16FN3. The van der Waals surface area contributed by atoms with Crippen LogP contribution in [0.3, 0.4) is 0 Å². The third kappa shape index (κ3) is 2.29. The molecule has 1 aromatic heterocycles. The van der Waals surface area contributed by atoms with Gasteiger partial charge in [-0.1, -0.05) is 18.6 Å². The van der Waals surface area contributed by atoms with E-state index in [1.807, 2.05) is 6.07 Å². The van der Waals surface area contributed by atoms with Crippen LogP contribution in [-0.4, -0.2) is 16.5 Å². The lowest BCUT2D eigenvalue weighted by Crippen LogP contribution is -2.27. The number of imidazole rings is 1. The maximum Gasteiger partial charge on any atom is 0.123 e. The molecule has 18 heavy (non-hydrogen) atoms. The van der Waals surface area contributed by atoms with Gasteiger partial charge in [0.2, 0.25) is 0 Å². The van der Waals surface area contributed by atoms with Crippen LogP contribution < -0.4 is 5.31 Å². The number of H-pyrrole nitrogens is 1. The van der Waals surface area contributed by atoms with E-state index < -0.39 is 0 Å². The molecule has 1 aliphatic heterocycles. The minimum Gasteiger partial charge on any atom is -0.341 e. The van der Waals surface area contributed by atoms with Crippen molar-refractivity contribution in [2.24, 2.45) is 0 Å². The van der Waals surface area contributed by atoms with Crippen LogP contribution in [0.5, 0.6) is 0 Å². The molecule has 1 aliphatic rings. The highest BCUT2D eigenvalue weighted by Crippen LogP contribution is 2.24. The van der Waals surface area contributed by atoms with Gasteiger partial charge in [0, 0.05) is 5.56 Å². The molecule has 1 saturated heterocycles. The summed E-state index contributed by atoms with van der Waals surface area (Å²) >= 11 is 0. The zero-order valence-corrected chi connectivity index (χ0v) is 10.1. The molecule has 2 heterocycles. The molecule has 2 N–H and O–H groups in total. The van der Waals surface area contributed by atoms with E-state index in [-0.39, 0.29) is 11.9 Å². The second-order valence-electron chi connectivity index (χ2n) is 4.61. The van der Waals surface area contributed by atoms with Crippen LogP contribution in [0.15, 0.2) is 30.5 Å². The zero-order chi connectivity index (χ0) is 13.2. The monoisotopic (exact) mass is 246 g/mol. The molecule has 1 fully saturated rings. The van der Waals surface area contributed by atoms with Gasteiger partial charge < -0.3 is 10.3 Å². The number of hydrogen-bond donors (Lipinski definition) is 2. The first kappa shape index (κ1) is 10.3. The standard InChI is InChI=1S/C14H16FN3/c15-11-5-3-4-10(8-11)13-9-17-14(18-13)12-6-1-2-7-16-12/h3-5,8-9,12,16H,1-2,6-7H2,(H,17,18)/i/hD. The smallest absolute Gasteiger partial charge is 0.123 e. The summed E-state index contributed by atoms with van der Waals surface area (Å²) in [4.78, 5) is 7.57. The number of halogens is 1. The summed E-state index contributed by atoms with van der Waals surface area (Å²) in [6, 6.07) is 6.46. The lowest BCUT2D eigenvalue weighted by Gasteiger charge is -2.21. The van der Waals surface area contributed by atoms with Crippen molar-refractivity contribution < 1.29 is 5.80 Å². The van der Waals surface area contributed by atoms with Gasteiger partial charge in [-0.15, -0.1) is 0 Å². The third-order valence-corrected chi connectivity index (χ3v) is 3.28. The first-order valence-corrected chi connectivity index (χ1v) is 6.30. The number of piperidine rings is 1. The van der Waals surface area contributed by atoms with Crippen LogP contribution in [0.1, 0.15) is 31.1 Å². The van der Waals surface area contributed by atoms with Gasteiger partial charge in [0.1, 0.15) is 13.1 Å². The first-order chi connectivity index (χ1) is 9.24. The van der Waals surface area contributed by atoms with E-state index in [2.05, 4.69) is 9.97 Å². The maximum atomic E-state index is 13.2. The Kier molecular flexibility index (Phi) is 2.79. The number of aromatic nitrogens is 2. The zero-order valence-electron chi connectivity index (χ0n) is 11.1. The molecule has 3 rings (SSSR count). The van der Waals surface area contributed by atoms with Gasteiger partial charge in [0.25, 0.3) is 0 Å². The first-order valence-electron chi connectivity index (χ1n) is 6.75. The summed E-state index contributed by atoms with van der Waals surface area (Å²) in [5.41, 5.74) is 1.58. The molecule has 1 aromatic carbocycles. The van der Waals surface area contributed by atoms with E-state index in [1.54, 1.807) is 17.6 Å². The maximum absolute atomic E-state index is 13.2. The van der Waals surface area contributed by atoms with Crippen molar-refractivity contribution in [1.82, 2.24) is 15.3 Å². The predicted molar refractivity (Wildman–Crippen MR) is 68.6 cm³/mol. The Hall–Kier alpha value is -1.68. The van der Waals surface area contributed by atoms with E-state index >= 15 is 0 Å². The fourth-order valence-corrected chi connectivity index (χ4v) is 2.32. The van der Waals surface area contributed by atoms with E-state index in [1.165, 1.54) is 12.1 Å². The molecule has 0 bridgehead atoms. The Morgan fingerprint density at radius 1 is 1.39 bits per heavy atom.